The molecule has 29 heavy (non-hydrogen) atoms. The summed E-state index contributed by atoms with van der Waals surface area (Å²) in [6.07, 6.45) is 0. The molecule has 0 aromatic carbocycles. The first-order valence-electron chi connectivity index (χ1n) is 10.3. The van der Waals surface area contributed by atoms with Crippen LogP contribution in [0.15, 0.2) is 0 Å². The molecule has 0 spiro atoms. The van der Waals surface area contributed by atoms with Gasteiger partial charge in [0.1, 0.15) is 0 Å². The summed E-state index contributed by atoms with van der Waals surface area (Å²) in [4.78, 5) is 0. The van der Waals surface area contributed by atoms with Crippen molar-refractivity contribution >= 4 is 15.8 Å². The van der Waals surface area contributed by atoms with E-state index in [1.165, 1.54) is 0 Å². The molecule has 0 aliphatic carbocycles. The van der Waals surface area contributed by atoms with Gasteiger partial charge in [0.05, 0.1) is 0 Å². The molecule has 0 nitrogen and oxygen atoms in total. The van der Waals surface area contributed by atoms with Gasteiger partial charge in [-0.25, -0.2) is 0 Å². The smallest absolute Gasteiger partial charge is 1.00 e. The molecule has 0 atom stereocenters. The zero-order valence-electron chi connectivity index (χ0n) is 23.0. The van der Waals surface area contributed by atoms with E-state index >= 15 is 0 Å². The van der Waals surface area contributed by atoms with Crippen molar-refractivity contribution in [3.63, 3.8) is 0 Å². The fourth-order valence-corrected chi connectivity index (χ4v) is 18.1. The van der Waals surface area contributed by atoms with E-state index in [1.807, 2.05) is 0 Å². The summed E-state index contributed by atoms with van der Waals surface area (Å²) in [6.45, 7) is 42.9. The van der Waals surface area contributed by atoms with Crippen LogP contribution in [0.5, 0.6) is 0 Å². The van der Waals surface area contributed by atoms with Crippen LogP contribution in [0, 0.1) is 0 Å². The fourth-order valence-electron chi connectivity index (χ4n) is 6.04. The fraction of sp³-hybridized carbons (Fsp3) is 1.00. The van der Waals surface area contributed by atoms with Crippen molar-refractivity contribution in [3.05, 3.63) is 0 Å². The molecule has 0 heterocycles. The van der Waals surface area contributed by atoms with E-state index in [-0.39, 0.29) is 66.3 Å². The van der Waals surface area contributed by atoms with Crippen LogP contribution in [0.3, 0.4) is 0 Å². The molecule has 0 aliphatic rings. The van der Waals surface area contributed by atoms with Crippen LogP contribution in [0.25, 0.3) is 0 Å². The monoisotopic (exact) mass is 620 g/mol. The summed E-state index contributed by atoms with van der Waals surface area (Å²) >= 11 is 0. The first-order chi connectivity index (χ1) is 10.7. The normalized spacial score (nSPS) is 13.7. The Hall–Kier alpha value is 2.31. The first kappa shape index (κ1) is 41.6. The molecule has 0 rings (SSSR count). The molecule has 0 unspecified atom stereocenters. The Morgan fingerprint density at radius 2 is 0.345 bits per heavy atom. The molecule has 0 aromatic heterocycles. The summed E-state index contributed by atoms with van der Waals surface area (Å²) in [5.74, 6) is 0. The Bertz CT molecular complexity index is 314. The molecule has 0 N–H and O–H groups in total. The van der Waals surface area contributed by atoms with Gasteiger partial charge in [-0.2, -0.15) is 0 Å². The van der Waals surface area contributed by atoms with Crippen LogP contribution in [-0.4, -0.2) is 30.9 Å². The second-order valence-electron chi connectivity index (χ2n) is 13.7. The zero-order valence-corrected chi connectivity index (χ0v) is 28.9. The maximum atomic E-state index is 2.38. The summed E-state index contributed by atoms with van der Waals surface area (Å²) in [7, 11) is 0.0324. The second-order valence-corrected chi connectivity index (χ2v) is 23.1. The van der Waals surface area contributed by atoms with E-state index in [1.54, 1.807) is 0 Å². The Kier molecular flexibility index (Phi) is 19.0. The number of hydrogen-bond donors (Lipinski definition) is 0. The van der Waals surface area contributed by atoms with Gasteiger partial charge in [0.2, 0.25) is 0 Å². The molecule has 0 fully saturated rings. The number of halogens is 2. The van der Waals surface area contributed by atoms with Crippen molar-refractivity contribution in [2.45, 2.75) is 156 Å². The standard InChI is InChI=1S/2C12H27P.2BrH.Ni/c2*1-10(2,3)13(11(4,5)6)12(7,8)9;;;/h2*1-9H3;2*1H;/q;;;;+2/p-2. The van der Waals surface area contributed by atoms with Gasteiger partial charge in [0, 0.05) is 0 Å². The van der Waals surface area contributed by atoms with E-state index in [9.17, 15) is 0 Å². The van der Waals surface area contributed by atoms with E-state index in [0.717, 1.165) is 0 Å². The van der Waals surface area contributed by atoms with Crippen LogP contribution < -0.4 is 34.0 Å². The van der Waals surface area contributed by atoms with Crippen molar-refractivity contribution in [3.8, 4) is 0 Å². The van der Waals surface area contributed by atoms with Gasteiger partial charge in [-0.05, 0) is 30.9 Å². The Labute approximate surface area is 220 Å². The van der Waals surface area contributed by atoms with E-state index in [0.29, 0.717) is 30.9 Å². The molecule has 5 heteroatoms. The molecule has 0 aliphatic heterocycles. The van der Waals surface area contributed by atoms with E-state index < -0.39 is 0 Å². The molecule has 0 saturated heterocycles. The Balaban J connectivity index is -0.000000120. The largest absolute Gasteiger partial charge is 2.00 e. The SMILES string of the molecule is CC(C)(C)P(C(C)(C)C)C(C)(C)C.CC(C)(C)P(C(C)(C)C)C(C)(C)C.[Br-].[Br-].[Ni+2]. The van der Waals surface area contributed by atoms with Crippen molar-refractivity contribution in [1.82, 2.24) is 0 Å². The number of hydrogen-bond acceptors (Lipinski definition) is 0. The summed E-state index contributed by atoms with van der Waals surface area (Å²) in [5.41, 5.74) is 0. The van der Waals surface area contributed by atoms with Crippen molar-refractivity contribution in [2.75, 3.05) is 0 Å². The van der Waals surface area contributed by atoms with Crippen molar-refractivity contribution < 1.29 is 50.5 Å². The third-order valence-electron chi connectivity index (χ3n) is 4.02. The maximum absolute atomic E-state index is 2.38. The van der Waals surface area contributed by atoms with Crippen LogP contribution >= 0.6 is 15.8 Å². The molecular formula is C24H54Br2NiP2. The minimum absolute atomic E-state index is 0. The van der Waals surface area contributed by atoms with Gasteiger partial charge in [-0.15, -0.1) is 0 Å². The minimum atomic E-state index is 0. The molecule has 184 valence electrons. The van der Waals surface area contributed by atoms with E-state index in [2.05, 4.69) is 125 Å². The Morgan fingerprint density at radius 1 is 0.276 bits per heavy atom. The average Bonchev–Trinajstić information content (AvgIpc) is 1.97. The average molecular weight is 623 g/mol. The van der Waals surface area contributed by atoms with Crippen LogP contribution in [0.4, 0.5) is 0 Å². The van der Waals surface area contributed by atoms with Crippen LogP contribution in [-0.2, 0) is 16.5 Å². The minimum Gasteiger partial charge on any atom is -1.00 e. The molecule has 0 radical (unpaired) electrons. The molecular weight excluding hydrogens is 569 g/mol. The van der Waals surface area contributed by atoms with Crippen molar-refractivity contribution in [1.29, 1.82) is 0 Å². The molecule has 0 amide bonds. The third-order valence-corrected chi connectivity index (χ3v) is 12.1. The first-order valence-corrected chi connectivity index (χ1v) is 13.0. The third kappa shape index (κ3) is 16.6. The molecule has 0 saturated carbocycles. The second kappa shape index (κ2) is 13.3. The van der Waals surface area contributed by atoms with Gasteiger partial charge in [-0.3, -0.25) is 0 Å². The predicted molar refractivity (Wildman–Crippen MR) is 132 cm³/mol. The van der Waals surface area contributed by atoms with Crippen molar-refractivity contribution in [2.24, 2.45) is 0 Å². The summed E-state index contributed by atoms with van der Waals surface area (Å²) in [5, 5.41) is 2.70. The van der Waals surface area contributed by atoms with Crippen LogP contribution in [0.2, 0.25) is 0 Å². The van der Waals surface area contributed by atoms with Gasteiger partial charge in [0.15, 0.2) is 0 Å². The predicted octanol–water partition coefficient (Wildman–Crippen LogP) is 3.73. The quantitative estimate of drug-likeness (QED) is 0.285. The maximum Gasteiger partial charge on any atom is 2.00 e. The van der Waals surface area contributed by atoms with Gasteiger partial charge in [-0.1, -0.05) is 140 Å². The van der Waals surface area contributed by atoms with Crippen LogP contribution in [0.1, 0.15) is 125 Å². The van der Waals surface area contributed by atoms with Gasteiger partial charge >= 0.3 is 16.5 Å². The van der Waals surface area contributed by atoms with Gasteiger partial charge in [0.25, 0.3) is 0 Å². The van der Waals surface area contributed by atoms with Gasteiger partial charge < -0.3 is 34.0 Å². The Morgan fingerprint density at radius 3 is 0.345 bits per heavy atom. The summed E-state index contributed by atoms with van der Waals surface area (Å²) < 4.78 is 0. The van der Waals surface area contributed by atoms with E-state index in [4.69, 9.17) is 0 Å². The zero-order chi connectivity index (χ0) is 22.2. The summed E-state index contributed by atoms with van der Waals surface area (Å²) in [6, 6.07) is 0. The number of rotatable bonds is 0. The molecule has 0 aromatic rings. The molecule has 0 bridgehead atoms. The topological polar surface area (TPSA) is 0 Å².